The Morgan fingerprint density at radius 2 is 1.59 bits per heavy atom. The second-order valence-corrected chi connectivity index (χ2v) is 6.76. The van der Waals surface area contributed by atoms with Crippen LogP contribution in [0.3, 0.4) is 0 Å². The minimum absolute atomic E-state index is 0.198. The average molecular weight is 354 g/mol. The Kier molecular flexibility index (Phi) is 4.84. The molecule has 0 aliphatic rings. The fourth-order valence-corrected chi connectivity index (χ4v) is 3.40. The second-order valence-electron chi connectivity index (χ2n) is 6.76. The number of Topliss-reactive ketones (excluding diaryl/α,β-unsaturated/α-hetero) is 1. The molecule has 1 heterocycles. The summed E-state index contributed by atoms with van der Waals surface area (Å²) in [6.45, 7) is 2.76. The first-order valence-electron chi connectivity index (χ1n) is 9.39. The molecule has 27 heavy (non-hydrogen) atoms. The number of hydrogen-bond donors (Lipinski definition) is 0. The zero-order valence-electron chi connectivity index (χ0n) is 15.4. The largest absolute Gasteiger partial charge is 0.294 e. The van der Waals surface area contributed by atoms with Crippen molar-refractivity contribution in [2.24, 2.45) is 0 Å². The van der Waals surface area contributed by atoms with Crippen molar-refractivity contribution in [3.8, 4) is 11.3 Å². The molecular formula is C24H22N2O. The topological polar surface area (TPSA) is 34.9 Å². The molecule has 0 radical (unpaired) electrons. The number of para-hydroxylation sites is 1. The first-order chi connectivity index (χ1) is 13.3. The van der Waals surface area contributed by atoms with Crippen LogP contribution in [0, 0.1) is 0 Å². The van der Waals surface area contributed by atoms with Gasteiger partial charge in [-0.15, -0.1) is 0 Å². The standard InChI is InChI=1S/C24H22N2O/c1-2-8-23(27)19-13-15-20(16-14-19)24-21-11-6-7-12-22(21)26(25-24)17-18-9-4-3-5-10-18/h3-7,9-16H,2,8,17H2,1H3. The summed E-state index contributed by atoms with van der Waals surface area (Å²) in [7, 11) is 0. The highest BCUT2D eigenvalue weighted by Gasteiger charge is 2.13. The number of ketones is 1. The van der Waals surface area contributed by atoms with Gasteiger partial charge in [-0.05, 0) is 18.1 Å². The van der Waals surface area contributed by atoms with Crippen LogP contribution in [0.15, 0.2) is 78.9 Å². The van der Waals surface area contributed by atoms with Crippen molar-refractivity contribution in [2.75, 3.05) is 0 Å². The van der Waals surface area contributed by atoms with Crippen LogP contribution in [0.5, 0.6) is 0 Å². The predicted molar refractivity (Wildman–Crippen MR) is 110 cm³/mol. The Morgan fingerprint density at radius 3 is 2.33 bits per heavy atom. The summed E-state index contributed by atoms with van der Waals surface area (Å²) < 4.78 is 2.05. The molecule has 0 amide bonds. The third-order valence-electron chi connectivity index (χ3n) is 4.79. The molecule has 3 heteroatoms. The summed E-state index contributed by atoms with van der Waals surface area (Å²) in [5.74, 6) is 0.198. The lowest BCUT2D eigenvalue weighted by atomic mass is 10.0. The molecule has 0 aliphatic heterocycles. The minimum atomic E-state index is 0.198. The second kappa shape index (κ2) is 7.58. The molecular weight excluding hydrogens is 332 g/mol. The molecule has 0 spiro atoms. The van der Waals surface area contributed by atoms with Crippen molar-refractivity contribution in [1.29, 1.82) is 0 Å². The lowest BCUT2D eigenvalue weighted by Gasteiger charge is -2.03. The molecule has 0 fully saturated rings. The quantitative estimate of drug-likeness (QED) is 0.414. The normalized spacial score (nSPS) is 11.0. The summed E-state index contributed by atoms with van der Waals surface area (Å²) in [6.07, 6.45) is 1.46. The van der Waals surface area contributed by atoms with E-state index in [4.69, 9.17) is 5.10 Å². The molecule has 4 rings (SSSR count). The third-order valence-corrected chi connectivity index (χ3v) is 4.79. The van der Waals surface area contributed by atoms with Crippen LogP contribution in [0.4, 0.5) is 0 Å². The lowest BCUT2D eigenvalue weighted by Crippen LogP contribution is -2.01. The van der Waals surface area contributed by atoms with Gasteiger partial charge in [0, 0.05) is 22.9 Å². The summed E-state index contributed by atoms with van der Waals surface area (Å²) in [6, 6.07) is 26.5. The van der Waals surface area contributed by atoms with E-state index in [1.165, 1.54) is 5.56 Å². The fourth-order valence-electron chi connectivity index (χ4n) is 3.40. The number of carbonyl (C=O) groups excluding carboxylic acids is 1. The van der Waals surface area contributed by atoms with Gasteiger partial charge in [-0.1, -0.05) is 79.7 Å². The molecule has 134 valence electrons. The molecule has 3 aromatic carbocycles. The number of hydrogen-bond acceptors (Lipinski definition) is 2. The van der Waals surface area contributed by atoms with E-state index < -0.39 is 0 Å². The predicted octanol–water partition coefficient (Wildman–Crippen LogP) is 5.73. The highest BCUT2D eigenvalue weighted by atomic mass is 16.1. The Bertz CT molecular complexity index is 1060. The Hall–Kier alpha value is -3.20. The Morgan fingerprint density at radius 1 is 0.889 bits per heavy atom. The number of aromatic nitrogens is 2. The maximum atomic E-state index is 12.1. The molecule has 0 atom stereocenters. The van der Waals surface area contributed by atoms with Gasteiger partial charge in [0.25, 0.3) is 0 Å². The van der Waals surface area contributed by atoms with Crippen LogP contribution < -0.4 is 0 Å². The van der Waals surface area contributed by atoms with Crippen molar-refractivity contribution in [3.63, 3.8) is 0 Å². The SMILES string of the molecule is CCCC(=O)c1ccc(-c2nn(Cc3ccccc3)c3ccccc23)cc1. The summed E-state index contributed by atoms with van der Waals surface area (Å²) in [5.41, 5.74) is 5.09. The first kappa shape index (κ1) is 17.2. The van der Waals surface area contributed by atoms with Crippen molar-refractivity contribution < 1.29 is 4.79 Å². The average Bonchev–Trinajstić information content (AvgIpc) is 3.08. The number of fused-ring (bicyclic) bond motifs is 1. The van der Waals surface area contributed by atoms with Gasteiger partial charge in [0.1, 0.15) is 5.69 Å². The number of rotatable bonds is 6. The zero-order valence-corrected chi connectivity index (χ0v) is 15.4. The first-order valence-corrected chi connectivity index (χ1v) is 9.39. The van der Waals surface area contributed by atoms with Gasteiger partial charge in [-0.3, -0.25) is 9.48 Å². The van der Waals surface area contributed by atoms with Crippen LogP contribution in [0.1, 0.15) is 35.7 Å². The zero-order chi connectivity index (χ0) is 18.6. The van der Waals surface area contributed by atoms with E-state index in [-0.39, 0.29) is 5.78 Å². The number of carbonyl (C=O) groups is 1. The highest BCUT2D eigenvalue weighted by Crippen LogP contribution is 2.28. The molecule has 0 saturated heterocycles. The van der Waals surface area contributed by atoms with Gasteiger partial charge >= 0.3 is 0 Å². The molecule has 0 bridgehead atoms. The minimum Gasteiger partial charge on any atom is -0.294 e. The fraction of sp³-hybridized carbons (Fsp3) is 0.167. The summed E-state index contributed by atoms with van der Waals surface area (Å²) in [5, 5.41) is 6.02. The third kappa shape index (κ3) is 3.54. The highest BCUT2D eigenvalue weighted by molar-refractivity contribution is 5.97. The summed E-state index contributed by atoms with van der Waals surface area (Å²) >= 11 is 0. The molecule has 0 unspecified atom stereocenters. The maximum Gasteiger partial charge on any atom is 0.162 e. The van der Waals surface area contributed by atoms with Gasteiger partial charge in [0.15, 0.2) is 5.78 Å². The van der Waals surface area contributed by atoms with E-state index in [1.54, 1.807) is 0 Å². The molecule has 0 aliphatic carbocycles. The van der Waals surface area contributed by atoms with E-state index in [0.29, 0.717) is 6.42 Å². The van der Waals surface area contributed by atoms with E-state index >= 15 is 0 Å². The van der Waals surface area contributed by atoms with Crippen molar-refractivity contribution >= 4 is 16.7 Å². The molecule has 4 aromatic rings. The van der Waals surface area contributed by atoms with Gasteiger partial charge in [0.2, 0.25) is 0 Å². The van der Waals surface area contributed by atoms with Gasteiger partial charge in [0.05, 0.1) is 12.1 Å². The van der Waals surface area contributed by atoms with Crippen LogP contribution in [0.25, 0.3) is 22.2 Å². The van der Waals surface area contributed by atoms with E-state index in [9.17, 15) is 4.79 Å². The smallest absolute Gasteiger partial charge is 0.162 e. The van der Waals surface area contributed by atoms with Crippen LogP contribution in [-0.2, 0) is 6.54 Å². The summed E-state index contributed by atoms with van der Waals surface area (Å²) in [4.78, 5) is 12.1. The van der Waals surface area contributed by atoms with Crippen molar-refractivity contribution in [2.45, 2.75) is 26.3 Å². The van der Waals surface area contributed by atoms with E-state index in [1.807, 2.05) is 61.5 Å². The van der Waals surface area contributed by atoms with Crippen LogP contribution >= 0.6 is 0 Å². The molecule has 0 saturated carbocycles. The Balaban J connectivity index is 1.73. The molecule has 0 N–H and O–H groups in total. The monoisotopic (exact) mass is 354 g/mol. The van der Waals surface area contributed by atoms with Crippen molar-refractivity contribution in [3.05, 3.63) is 90.0 Å². The lowest BCUT2D eigenvalue weighted by molar-refractivity contribution is 0.0982. The van der Waals surface area contributed by atoms with E-state index in [2.05, 4.69) is 28.9 Å². The van der Waals surface area contributed by atoms with E-state index in [0.717, 1.165) is 40.7 Å². The number of nitrogens with zero attached hydrogens (tertiary/aromatic N) is 2. The Labute approximate surface area is 159 Å². The molecule has 3 nitrogen and oxygen atoms in total. The van der Waals surface area contributed by atoms with Gasteiger partial charge in [-0.2, -0.15) is 5.10 Å². The number of benzene rings is 3. The maximum absolute atomic E-state index is 12.1. The van der Waals surface area contributed by atoms with Gasteiger partial charge < -0.3 is 0 Å². The van der Waals surface area contributed by atoms with Gasteiger partial charge in [-0.25, -0.2) is 0 Å². The van der Waals surface area contributed by atoms with Crippen molar-refractivity contribution in [1.82, 2.24) is 9.78 Å². The molecule has 1 aromatic heterocycles. The van der Waals surface area contributed by atoms with Crippen LogP contribution in [0.2, 0.25) is 0 Å². The van der Waals surface area contributed by atoms with Crippen LogP contribution in [-0.4, -0.2) is 15.6 Å².